The number of para-hydroxylation sites is 1. The van der Waals surface area contributed by atoms with Crippen molar-refractivity contribution in [1.29, 1.82) is 0 Å². The van der Waals surface area contributed by atoms with Crippen LogP contribution in [0.1, 0.15) is 22.3 Å². The van der Waals surface area contributed by atoms with Gasteiger partial charge in [-0.1, -0.05) is 109 Å². The van der Waals surface area contributed by atoms with Crippen LogP contribution in [-0.2, 0) is 5.41 Å². The molecule has 6 aromatic carbocycles. The van der Waals surface area contributed by atoms with Crippen LogP contribution in [0.4, 0.5) is 11.4 Å². The lowest BCUT2D eigenvalue weighted by molar-refractivity contribution is 0.442. The Morgan fingerprint density at radius 2 is 1.14 bits per heavy atom. The molecule has 174 valence electrons. The van der Waals surface area contributed by atoms with Crippen LogP contribution in [0, 0.1) is 0 Å². The van der Waals surface area contributed by atoms with E-state index < -0.39 is 5.41 Å². The van der Waals surface area contributed by atoms with E-state index in [4.69, 9.17) is 4.74 Å². The fraction of sp³-hybridized carbons (Fsp3) is 0.0286. The number of hydrogen-bond acceptors (Lipinski definition) is 2. The van der Waals surface area contributed by atoms with Crippen LogP contribution < -0.4 is 10.1 Å². The Kier molecular flexibility index (Phi) is 4.18. The normalized spacial score (nSPS) is 13.8. The van der Waals surface area contributed by atoms with Gasteiger partial charge in [0.25, 0.3) is 0 Å². The van der Waals surface area contributed by atoms with Gasteiger partial charge in [-0.3, -0.25) is 0 Å². The quantitative estimate of drug-likeness (QED) is 0.270. The Morgan fingerprint density at radius 1 is 0.486 bits per heavy atom. The maximum Gasteiger partial charge on any atom is 0.140 e. The summed E-state index contributed by atoms with van der Waals surface area (Å²) in [6, 6.07) is 47.6. The first kappa shape index (κ1) is 20.4. The fourth-order valence-electron chi connectivity index (χ4n) is 6.40. The average molecular weight is 474 g/mol. The Morgan fingerprint density at radius 3 is 1.92 bits per heavy atom. The van der Waals surface area contributed by atoms with Gasteiger partial charge in [0.1, 0.15) is 11.5 Å². The minimum Gasteiger partial charge on any atom is -0.456 e. The number of fused-ring (bicyclic) bond motifs is 11. The van der Waals surface area contributed by atoms with E-state index in [1.54, 1.807) is 0 Å². The fourth-order valence-corrected chi connectivity index (χ4v) is 6.40. The molecule has 0 bridgehead atoms. The first-order valence-corrected chi connectivity index (χ1v) is 12.7. The average Bonchev–Trinajstić information content (AvgIpc) is 3.25. The molecule has 0 atom stereocenters. The van der Waals surface area contributed by atoms with Crippen LogP contribution in [0.3, 0.4) is 0 Å². The summed E-state index contributed by atoms with van der Waals surface area (Å²) >= 11 is 0. The SMILES string of the molecule is c1ccc(Nc2ccc3c(c2)Oc2c(ccc4ccccc24)C32c3ccccc3-c3ccccc32)cc1. The third-order valence-corrected chi connectivity index (χ3v) is 7.90. The third-order valence-electron chi connectivity index (χ3n) is 7.90. The Labute approximate surface area is 215 Å². The van der Waals surface area contributed by atoms with Crippen molar-refractivity contribution >= 4 is 22.1 Å². The summed E-state index contributed by atoms with van der Waals surface area (Å²) in [7, 11) is 0. The van der Waals surface area contributed by atoms with Gasteiger partial charge >= 0.3 is 0 Å². The lowest BCUT2D eigenvalue weighted by Gasteiger charge is -2.40. The van der Waals surface area contributed by atoms with Crippen LogP contribution in [-0.4, -0.2) is 0 Å². The molecular formula is C35H23NO. The highest BCUT2D eigenvalue weighted by molar-refractivity contribution is 5.96. The van der Waals surface area contributed by atoms with Crippen molar-refractivity contribution in [3.63, 3.8) is 0 Å². The highest BCUT2D eigenvalue weighted by Gasteiger charge is 2.51. The van der Waals surface area contributed by atoms with Gasteiger partial charge < -0.3 is 10.1 Å². The standard InChI is InChI=1S/C35H23NO/c1-2-11-24(12-3-1)36-25-19-21-31-33(22-25)37-34-26-13-5-4-10-23(26)18-20-32(34)35(31)29-16-8-6-14-27(29)28-15-7-9-17-30(28)35/h1-22,36H. The maximum absolute atomic E-state index is 6.85. The second kappa shape index (κ2) is 7.59. The van der Waals surface area contributed by atoms with E-state index in [1.807, 2.05) is 18.2 Å². The van der Waals surface area contributed by atoms with Gasteiger partial charge in [0.2, 0.25) is 0 Å². The first-order chi connectivity index (χ1) is 18.3. The molecule has 1 aliphatic carbocycles. The minimum absolute atomic E-state index is 0.453. The number of anilines is 2. The molecule has 2 aliphatic rings. The van der Waals surface area contributed by atoms with E-state index in [1.165, 1.54) is 38.8 Å². The van der Waals surface area contributed by atoms with E-state index in [9.17, 15) is 0 Å². The van der Waals surface area contributed by atoms with Crippen LogP contribution in [0.15, 0.2) is 133 Å². The first-order valence-electron chi connectivity index (χ1n) is 12.7. The topological polar surface area (TPSA) is 21.3 Å². The predicted octanol–water partition coefficient (Wildman–Crippen LogP) is 9.05. The molecule has 37 heavy (non-hydrogen) atoms. The molecule has 1 N–H and O–H groups in total. The highest BCUT2D eigenvalue weighted by Crippen LogP contribution is 2.63. The van der Waals surface area contributed by atoms with Crippen molar-refractivity contribution in [2.24, 2.45) is 0 Å². The summed E-state index contributed by atoms with van der Waals surface area (Å²) in [5, 5.41) is 5.86. The number of rotatable bonds is 2. The molecular weight excluding hydrogens is 450 g/mol. The lowest BCUT2D eigenvalue weighted by atomic mass is 9.65. The number of nitrogens with one attached hydrogen (secondary N) is 1. The van der Waals surface area contributed by atoms with Crippen molar-refractivity contribution in [2.45, 2.75) is 5.41 Å². The monoisotopic (exact) mass is 473 g/mol. The van der Waals surface area contributed by atoms with E-state index >= 15 is 0 Å². The highest BCUT2D eigenvalue weighted by atomic mass is 16.5. The zero-order chi connectivity index (χ0) is 24.4. The van der Waals surface area contributed by atoms with Crippen molar-refractivity contribution in [3.05, 3.63) is 156 Å². The molecule has 6 aromatic rings. The maximum atomic E-state index is 6.85. The van der Waals surface area contributed by atoms with Crippen LogP contribution >= 0.6 is 0 Å². The van der Waals surface area contributed by atoms with Crippen LogP contribution in [0.25, 0.3) is 21.9 Å². The van der Waals surface area contributed by atoms with Gasteiger partial charge in [0.15, 0.2) is 0 Å². The number of benzene rings is 6. The molecule has 0 aromatic heterocycles. The van der Waals surface area contributed by atoms with Crippen LogP contribution in [0.5, 0.6) is 11.5 Å². The summed E-state index contributed by atoms with van der Waals surface area (Å²) in [6.45, 7) is 0. The van der Waals surface area contributed by atoms with Crippen LogP contribution in [0.2, 0.25) is 0 Å². The Balaban J connectivity index is 1.46. The predicted molar refractivity (Wildman–Crippen MR) is 151 cm³/mol. The van der Waals surface area contributed by atoms with Crippen molar-refractivity contribution in [2.75, 3.05) is 5.32 Å². The molecule has 1 heterocycles. The molecule has 0 amide bonds. The van der Waals surface area contributed by atoms with Crippen molar-refractivity contribution in [3.8, 4) is 22.6 Å². The number of ether oxygens (including phenoxy) is 1. The molecule has 0 fully saturated rings. The second-order valence-electron chi connectivity index (χ2n) is 9.81. The smallest absolute Gasteiger partial charge is 0.140 e. The van der Waals surface area contributed by atoms with Gasteiger partial charge in [-0.25, -0.2) is 0 Å². The zero-order valence-electron chi connectivity index (χ0n) is 20.1. The molecule has 0 unspecified atom stereocenters. The molecule has 0 radical (unpaired) electrons. The number of hydrogen-bond donors (Lipinski definition) is 1. The van der Waals surface area contributed by atoms with E-state index in [-0.39, 0.29) is 0 Å². The third kappa shape index (κ3) is 2.75. The molecule has 1 spiro atoms. The van der Waals surface area contributed by atoms with Gasteiger partial charge in [-0.05, 0) is 45.8 Å². The molecule has 0 saturated carbocycles. The summed E-state index contributed by atoms with van der Waals surface area (Å²) in [5.74, 6) is 1.82. The minimum atomic E-state index is -0.453. The van der Waals surface area contributed by atoms with E-state index in [0.29, 0.717) is 0 Å². The summed E-state index contributed by atoms with van der Waals surface area (Å²) < 4.78 is 6.85. The van der Waals surface area contributed by atoms with E-state index in [2.05, 4.69) is 121 Å². The van der Waals surface area contributed by atoms with Gasteiger partial charge in [-0.15, -0.1) is 0 Å². The Hall–Kier alpha value is -4.82. The second-order valence-corrected chi connectivity index (χ2v) is 9.81. The molecule has 2 heteroatoms. The molecule has 1 aliphatic heterocycles. The summed E-state index contributed by atoms with van der Waals surface area (Å²) in [5.41, 5.74) is 9.16. The largest absolute Gasteiger partial charge is 0.456 e. The summed E-state index contributed by atoms with van der Waals surface area (Å²) in [6.07, 6.45) is 0. The van der Waals surface area contributed by atoms with Crippen molar-refractivity contribution < 1.29 is 4.74 Å². The van der Waals surface area contributed by atoms with Crippen molar-refractivity contribution in [1.82, 2.24) is 0 Å². The Bertz CT molecular complexity index is 1790. The van der Waals surface area contributed by atoms with Gasteiger partial charge in [-0.2, -0.15) is 0 Å². The van der Waals surface area contributed by atoms with Gasteiger partial charge in [0.05, 0.1) is 5.41 Å². The molecule has 2 nitrogen and oxygen atoms in total. The lowest BCUT2D eigenvalue weighted by Crippen LogP contribution is -2.32. The van der Waals surface area contributed by atoms with Gasteiger partial charge in [0, 0.05) is 34.0 Å². The zero-order valence-corrected chi connectivity index (χ0v) is 20.1. The molecule has 0 saturated heterocycles. The van der Waals surface area contributed by atoms with E-state index in [0.717, 1.165) is 28.3 Å². The molecule has 8 rings (SSSR count). The summed E-state index contributed by atoms with van der Waals surface area (Å²) in [4.78, 5) is 0.